The lowest BCUT2D eigenvalue weighted by molar-refractivity contribution is 0.0695. The number of carboxylic acids is 1. The number of benzene rings is 1. The van der Waals surface area contributed by atoms with E-state index in [0.717, 1.165) is 5.56 Å². The van der Waals surface area contributed by atoms with E-state index < -0.39 is 5.97 Å². The van der Waals surface area contributed by atoms with Crippen LogP contribution in [-0.4, -0.2) is 16.6 Å². The molecule has 0 bridgehead atoms. The first-order valence-corrected chi connectivity index (χ1v) is 5.17. The van der Waals surface area contributed by atoms with E-state index in [-0.39, 0.29) is 5.54 Å². The van der Waals surface area contributed by atoms with Crippen LogP contribution in [0.25, 0.3) is 0 Å². The van der Waals surface area contributed by atoms with Gasteiger partial charge in [-0.15, -0.1) is 0 Å². The molecule has 0 saturated heterocycles. The van der Waals surface area contributed by atoms with Crippen LogP contribution >= 0.6 is 0 Å². The molecule has 0 aromatic heterocycles. The Morgan fingerprint density at radius 1 is 1.47 bits per heavy atom. The smallest absolute Gasteiger partial charge is 0.336 e. The molecule has 0 amide bonds. The van der Waals surface area contributed by atoms with Crippen molar-refractivity contribution < 1.29 is 9.90 Å². The Labute approximate surface area is 89.1 Å². The minimum atomic E-state index is -0.853. The molecule has 1 aliphatic carbocycles. The van der Waals surface area contributed by atoms with Crippen LogP contribution in [0.3, 0.4) is 0 Å². The molecule has 0 atom stereocenters. The fraction of sp³-hybridized carbons (Fsp3) is 0.417. The Bertz CT molecular complexity index is 383. The highest BCUT2D eigenvalue weighted by Crippen LogP contribution is 2.34. The molecule has 2 N–H and O–H groups in total. The van der Waals surface area contributed by atoms with E-state index in [0.29, 0.717) is 12.1 Å². The van der Waals surface area contributed by atoms with Gasteiger partial charge >= 0.3 is 5.97 Å². The van der Waals surface area contributed by atoms with Crippen molar-refractivity contribution in [2.24, 2.45) is 0 Å². The number of rotatable bonds is 4. The van der Waals surface area contributed by atoms with E-state index in [2.05, 4.69) is 12.2 Å². The maximum Gasteiger partial charge on any atom is 0.336 e. The molecular weight excluding hydrogens is 190 g/mol. The van der Waals surface area contributed by atoms with Gasteiger partial charge in [-0.1, -0.05) is 18.2 Å². The van der Waals surface area contributed by atoms with Gasteiger partial charge in [0.2, 0.25) is 0 Å². The van der Waals surface area contributed by atoms with E-state index in [1.54, 1.807) is 12.1 Å². The summed E-state index contributed by atoms with van der Waals surface area (Å²) >= 11 is 0. The van der Waals surface area contributed by atoms with E-state index in [1.165, 1.54) is 12.8 Å². The van der Waals surface area contributed by atoms with Crippen LogP contribution in [-0.2, 0) is 6.54 Å². The van der Waals surface area contributed by atoms with Crippen LogP contribution < -0.4 is 5.32 Å². The van der Waals surface area contributed by atoms with Crippen molar-refractivity contribution in [1.82, 2.24) is 5.32 Å². The maximum atomic E-state index is 10.9. The Balaban J connectivity index is 2.09. The molecular formula is C12H15NO2. The van der Waals surface area contributed by atoms with Gasteiger partial charge in [-0.2, -0.15) is 0 Å². The third-order valence-electron chi connectivity index (χ3n) is 2.95. The summed E-state index contributed by atoms with van der Waals surface area (Å²) in [5, 5.41) is 12.4. The molecule has 2 rings (SSSR count). The molecule has 1 aliphatic rings. The van der Waals surface area contributed by atoms with Gasteiger partial charge in [0.05, 0.1) is 5.56 Å². The van der Waals surface area contributed by atoms with Gasteiger partial charge in [-0.25, -0.2) is 4.79 Å². The van der Waals surface area contributed by atoms with Crippen LogP contribution in [0.15, 0.2) is 24.3 Å². The number of carbonyl (C=O) groups is 1. The Hall–Kier alpha value is -1.35. The zero-order valence-corrected chi connectivity index (χ0v) is 8.79. The molecule has 0 unspecified atom stereocenters. The largest absolute Gasteiger partial charge is 0.478 e. The highest BCUT2D eigenvalue weighted by Gasteiger charge is 2.36. The van der Waals surface area contributed by atoms with Crippen LogP contribution in [0, 0.1) is 0 Å². The number of carboxylic acid groups (broad SMARTS) is 1. The van der Waals surface area contributed by atoms with Crippen LogP contribution in [0.4, 0.5) is 0 Å². The second-order valence-electron chi connectivity index (χ2n) is 4.38. The summed E-state index contributed by atoms with van der Waals surface area (Å²) in [5.41, 5.74) is 1.50. The summed E-state index contributed by atoms with van der Waals surface area (Å²) in [4.78, 5) is 10.9. The summed E-state index contributed by atoms with van der Waals surface area (Å²) in [6.07, 6.45) is 2.37. The lowest BCUT2D eigenvalue weighted by atomic mass is 10.1. The minimum Gasteiger partial charge on any atom is -0.478 e. The van der Waals surface area contributed by atoms with E-state index in [4.69, 9.17) is 5.11 Å². The predicted molar refractivity (Wildman–Crippen MR) is 57.9 cm³/mol. The quantitative estimate of drug-likeness (QED) is 0.790. The average molecular weight is 205 g/mol. The molecule has 15 heavy (non-hydrogen) atoms. The molecule has 1 aromatic carbocycles. The van der Waals surface area contributed by atoms with Gasteiger partial charge in [-0.05, 0) is 31.4 Å². The molecule has 1 saturated carbocycles. The van der Waals surface area contributed by atoms with Crippen molar-refractivity contribution in [3.8, 4) is 0 Å². The molecule has 80 valence electrons. The van der Waals surface area contributed by atoms with Gasteiger partial charge < -0.3 is 10.4 Å². The second-order valence-corrected chi connectivity index (χ2v) is 4.38. The predicted octanol–water partition coefficient (Wildman–Crippen LogP) is 2.03. The van der Waals surface area contributed by atoms with Crippen molar-refractivity contribution in [3.05, 3.63) is 35.4 Å². The summed E-state index contributed by atoms with van der Waals surface area (Å²) in [6.45, 7) is 2.80. The number of aromatic carboxylic acids is 1. The topological polar surface area (TPSA) is 49.3 Å². The molecule has 0 radical (unpaired) electrons. The molecule has 0 aliphatic heterocycles. The van der Waals surface area contributed by atoms with Crippen LogP contribution in [0.5, 0.6) is 0 Å². The van der Waals surface area contributed by atoms with Gasteiger partial charge in [0.1, 0.15) is 0 Å². The third kappa shape index (κ3) is 2.36. The van der Waals surface area contributed by atoms with Gasteiger partial charge in [-0.3, -0.25) is 0 Å². The summed E-state index contributed by atoms with van der Waals surface area (Å²) in [7, 11) is 0. The first-order valence-electron chi connectivity index (χ1n) is 5.17. The molecule has 0 spiro atoms. The fourth-order valence-corrected chi connectivity index (χ4v) is 1.56. The summed E-state index contributed by atoms with van der Waals surface area (Å²) in [6, 6.07) is 7.14. The van der Waals surface area contributed by atoms with E-state index in [1.807, 2.05) is 12.1 Å². The zero-order chi connectivity index (χ0) is 10.9. The number of hydrogen-bond donors (Lipinski definition) is 2. The molecule has 3 nitrogen and oxygen atoms in total. The van der Waals surface area contributed by atoms with Crippen LogP contribution in [0.1, 0.15) is 35.7 Å². The Morgan fingerprint density at radius 3 is 2.73 bits per heavy atom. The molecule has 1 aromatic rings. The second kappa shape index (κ2) is 3.66. The lowest BCUT2D eigenvalue weighted by Gasteiger charge is -2.12. The lowest BCUT2D eigenvalue weighted by Crippen LogP contribution is -2.27. The first-order chi connectivity index (χ1) is 7.11. The first kappa shape index (κ1) is 10.2. The van der Waals surface area contributed by atoms with Crippen molar-refractivity contribution in [1.29, 1.82) is 0 Å². The fourth-order valence-electron chi connectivity index (χ4n) is 1.56. The minimum absolute atomic E-state index is 0.242. The highest BCUT2D eigenvalue weighted by molar-refractivity contribution is 5.89. The van der Waals surface area contributed by atoms with Crippen molar-refractivity contribution in [3.63, 3.8) is 0 Å². The van der Waals surface area contributed by atoms with Crippen molar-refractivity contribution in [2.75, 3.05) is 0 Å². The SMILES string of the molecule is CC1(NCc2ccccc2C(=O)O)CC1. The molecule has 3 heteroatoms. The van der Waals surface area contributed by atoms with Crippen LogP contribution in [0.2, 0.25) is 0 Å². The Morgan fingerprint density at radius 2 is 2.13 bits per heavy atom. The summed E-state index contributed by atoms with van der Waals surface area (Å²) < 4.78 is 0. The normalized spacial score (nSPS) is 17.4. The highest BCUT2D eigenvalue weighted by atomic mass is 16.4. The van der Waals surface area contributed by atoms with E-state index in [9.17, 15) is 4.79 Å². The monoisotopic (exact) mass is 205 g/mol. The van der Waals surface area contributed by atoms with E-state index >= 15 is 0 Å². The number of hydrogen-bond acceptors (Lipinski definition) is 2. The van der Waals surface area contributed by atoms with Gasteiger partial charge in [0.15, 0.2) is 0 Å². The molecule has 0 heterocycles. The summed E-state index contributed by atoms with van der Waals surface area (Å²) in [5.74, 6) is -0.853. The third-order valence-corrected chi connectivity index (χ3v) is 2.95. The molecule has 1 fully saturated rings. The maximum absolute atomic E-state index is 10.9. The number of nitrogens with one attached hydrogen (secondary N) is 1. The van der Waals surface area contributed by atoms with Crippen molar-refractivity contribution in [2.45, 2.75) is 31.8 Å². The average Bonchev–Trinajstić information content (AvgIpc) is 2.95. The standard InChI is InChI=1S/C12H15NO2/c1-12(6-7-12)13-8-9-4-2-3-5-10(9)11(14)15/h2-5,13H,6-8H2,1H3,(H,14,15). The van der Waals surface area contributed by atoms with Gasteiger partial charge in [0, 0.05) is 12.1 Å². The van der Waals surface area contributed by atoms with Crippen molar-refractivity contribution >= 4 is 5.97 Å². The van der Waals surface area contributed by atoms with Gasteiger partial charge in [0.25, 0.3) is 0 Å². The Kier molecular flexibility index (Phi) is 2.49. The zero-order valence-electron chi connectivity index (χ0n) is 8.79.